The van der Waals surface area contributed by atoms with Crippen LogP contribution in [0.2, 0.25) is 0 Å². The van der Waals surface area contributed by atoms with Gasteiger partial charge in [-0.3, -0.25) is 10.2 Å². The third kappa shape index (κ3) is 2.45. The fourth-order valence-electron chi connectivity index (χ4n) is 2.49. The average Bonchev–Trinajstić information content (AvgIpc) is 3.19. The molecule has 2 rings (SSSR count). The van der Waals surface area contributed by atoms with Crippen LogP contribution in [-0.4, -0.2) is 20.1 Å². The van der Waals surface area contributed by atoms with E-state index in [1.54, 1.807) is 14.2 Å². The second kappa shape index (κ2) is 5.21. The Morgan fingerprint density at radius 3 is 2.53 bits per heavy atom. The van der Waals surface area contributed by atoms with Crippen LogP contribution in [0.3, 0.4) is 0 Å². The van der Waals surface area contributed by atoms with Gasteiger partial charge in [0, 0.05) is 7.05 Å². The smallest absolute Gasteiger partial charge is 0.244 e. The van der Waals surface area contributed by atoms with Gasteiger partial charge in [-0.05, 0) is 36.0 Å². The summed E-state index contributed by atoms with van der Waals surface area (Å²) in [6, 6.07) is 6.09. The van der Waals surface area contributed by atoms with E-state index in [0.717, 1.165) is 29.7 Å². The van der Waals surface area contributed by atoms with E-state index < -0.39 is 0 Å². The van der Waals surface area contributed by atoms with Crippen LogP contribution in [0.4, 0.5) is 0 Å². The van der Waals surface area contributed by atoms with Gasteiger partial charge in [0.2, 0.25) is 5.91 Å². The van der Waals surface area contributed by atoms with Crippen LogP contribution < -0.4 is 15.6 Å². The van der Waals surface area contributed by atoms with Crippen LogP contribution in [0.5, 0.6) is 5.75 Å². The molecule has 1 amide bonds. The van der Waals surface area contributed by atoms with E-state index in [1.165, 1.54) is 0 Å². The average molecular weight is 262 g/mol. The van der Waals surface area contributed by atoms with Gasteiger partial charge in [-0.25, -0.2) is 5.43 Å². The first kappa shape index (κ1) is 13.9. The molecule has 0 aliphatic heterocycles. The predicted molar refractivity (Wildman–Crippen MR) is 75.2 cm³/mol. The summed E-state index contributed by atoms with van der Waals surface area (Å²) in [5.41, 5.74) is 7.32. The molecule has 0 spiro atoms. The predicted octanol–water partition coefficient (Wildman–Crippen LogP) is 2.10. The van der Waals surface area contributed by atoms with Crippen LogP contribution in [0.15, 0.2) is 18.2 Å². The quantitative estimate of drug-likeness (QED) is 0.799. The van der Waals surface area contributed by atoms with Crippen LogP contribution in [-0.2, 0) is 10.2 Å². The Morgan fingerprint density at radius 1 is 1.37 bits per heavy atom. The molecule has 4 nitrogen and oxygen atoms in total. The molecule has 0 atom stereocenters. The number of hydrogen-bond acceptors (Lipinski definition) is 3. The molecule has 0 saturated heterocycles. The van der Waals surface area contributed by atoms with Crippen molar-refractivity contribution in [2.45, 2.75) is 38.0 Å². The lowest BCUT2D eigenvalue weighted by molar-refractivity contribution is -0.124. The van der Waals surface area contributed by atoms with Crippen molar-refractivity contribution in [3.63, 3.8) is 0 Å². The number of methoxy groups -OCH3 is 1. The SMILES string of the molecule is CNNC(=O)C1(c2ccc(OC)c(C(C)C)c2)CC1. The van der Waals surface area contributed by atoms with E-state index in [1.807, 2.05) is 12.1 Å². The molecule has 1 fully saturated rings. The van der Waals surface area contributed by atoms with Crippen molar-refractivity contribution in [1.29, 1.82) is 0 Å². The summed E-state index contributed by atoms with van der Waals surface area (Å²) in [4.78, 5) is 12.2. The Bertz CT molecular complexity index is 479. The Labute approximate surface area is 114 Å². The normalized spacial score (nSPS) is 16.3. The van der Waals surface area contributed by atoms with Gasteiger partial charge in [-0.1, -0.05) is 26.0 Å². The first-order chi connectivity index (χ1) is 9.05. The number of rotatable bonds is 5. The Hall–Kier alpha value is -1.55. The van der Waals surface area contributed by atoms with Crippen LogP contribution >= 0.6 is 0 Å². The first-order valence-electron chi connectivity index (χ1n) is 6.71. The minimum atomic E-state index is -0.348. The lowest BCUT2D eigenvalue weighted by atomic mass is 9.90. The van der Waals surface area contributed by atoms with Crippen molar-refractivity contribution in [2.24, 2.45) is 0 Å². The Morgan fingerprint density at radius 2 is 2.05 bits per heavy atom. The Balaban J connectivity index is 2.36. The lowest BCUT2D eigenvalue weighted by Gasteiger charge is -2.19. The standard InChI is InChI=1S/C15H22N2O2/c1-10(2)12-9-11(5-6-13(12)19-4)15(7-8-15)14(18)17-16-3/h5-6,9-10,16H,7-8H2,1-4H3,(H,17,18). The maximum Gasteiger partial charge on any atom is 0.244 e. The zero-order valence-electron chi connectivity index (χ0n) is 12.0. The van der Waals surface area contributed by atoms with Gasteiger partial charge in [-0.15, -0.1) is 0 Å². The van der Waals surface area contributed by atoms with E-state index in [2.05, 4.69) is 30.8 Å². The van der Waals surface area contributed by atoms with Gasteiger partial charge in [0.05, 0.1) is 12.5 Å². The third-order valence-corrected chi connectivity index (χ3v) is 3.83. The van der Waals surface area contributed by atoms with Gasteiger partial charge in [-0.2, -0.15) is 0 Å². The third-order valence-electron chi connectivity index (χ3n) is 3.83. The van der Waals surface area contributed by atoms with Gasteiger partial charge in [0.1, 0.15) is 5.75 Å². The number of benzene rings is 1. The highest BCUT2D eigenvalue weighted by Crippen LogP contribution is 2.49. The van der Waals surface area contributed by atoms with Gasteiger partial charge >= 0.3 is 0 Å². The molecule has 0 heterocycles. The molecular weight excluding hydrogens is 240 g/mol. The number of hydrazine groups is 1. The second-order valence-corrected chi connectivity index (χ2v) is 5.40. The molecule has 0 aromatic heterocycles. The summed E-state index contributed by atoms with van der Waals surface area (Å²) in [6.45, 7) is 4.27. The van der Waals surface area contributed by atoms with Crippen molar-refractivity contribution < 1.29 is 9.53 Å². The van der Waals surface area contributed by atoms with E-state index in [4.69, 9.17) is 4.74 Å². The highest BCUT2D eigenvalue weighted by atomic mass is 16.5. The Kier molecular flexibility index (Phi) is 3.80. The van der Waals surface area contributed by atoms with Gasteiger partial charge in [0.25, 0.3) is 0 Å². The molecule has 4 heteroatoms. The summed E-state index contributed by atoms with van der Waals surface area (Å²) in [5.74, 6) is 1.32. The zero-order chi connectivity index (χ0) is 14.0. The molecule has 104 valence electrons. The van der Waals surface area contributed by atoms with Crippen LogP contribution in [0, 0.1) is 0 Å². The maximum atomic E-state index is 12.2. The van der Waals surface area contributed by atoms with E-state index >= 15 is 0 Å². The molecule has 1 aliphatic rings. The highest BCUT2D eigenvalue weighted by Gasteiger charge is 2.51. The number of ether oxygens (including phenoxy) is 1. The maximum absolute atomic E-state index is 12.2. The number of hydrogen-bond donors (Lipinski definition) is 2. The first-order valence-corrected chi connectivity index (χ1v) is 6.71. The molecule has 0 bridgehead atoms. The van der Waals surface area contributed by atoms with Crippen molar-refractivity contribution in [2.75, 3.05) is 14.2 Å². The fourth-order valence-corrected chi connectivity index (χ4v) is 2.49. The van der Waals surface area contributed by atoms with E-state index in [0.29, 0.717) is 5.92 Å². The number of carbonyl (C=O) groups excluding carboxylic acids is 1. The molecule has 0 radical (unpaired) electrons. The van der Waals surface area contributed by atoms with E-state index in [-0.39, 0.29) is 11.3 Å². The molecule has 2 N–H and O–H groups in total. The minimum absolute atomic E-state index is 0.0508. The lowest BCUT2D eigenvalue weighted by Crippen LogP contribution is -2.41. The molecule has 1 saturated carbocycles. The fraction of sp³-hybridized carbons (Fsp3) is 0.533. The monoisotopic (exact) mass is 262 g/mol. The van der Waals surface area contributed by atoms with Gasteiger partial charge in [0.15, 0.2) is 0 Å². The van der Waals surface area contributed by atoms with Gasteiger partial charge < -0.3 is 4.74 Å². The summed E-state index contributed by atoms with van der Waals surface area (Å²) in [6.07, 6.45) is 1.81. The molecule has 0 unspecified atom stereocenters. The number of nitrogens with one attached hydrogen (secondary N) is 2. The minimum Gasteiger partial charge on any atom is -0.496 e. The largest absolute Gasteiger partial charge is 0.496 e. The number of carbonyl (C=O) groups is 1. The summed E-state index contributed by atoms with van der Waals surface area (Å²) < 4.78 is 5.39. The highest BCUT2D eigenvalue weighted by molar-refractivity contribution is 5.91. The molecule has 1 aromatic rings. The summed E-state index contributed by atoms with van der Waals surface area (Å²) in [7, 11) is 3.39. The van der Waals surface area contributed by atoms with E-state index in [9.17, 15) is 4.79 Å². The second-order valence-electron chi connectivity index (χ2n) is 5.40. The van der Waals surface area contributed by atoms with Crippen molar-refractivity contribution in [3.8, 4) is 5.75 Å². The zero-order valence-corrected chi connectivity index (χ0v) is 12.0. The molecule has 1 aliphatic carbocycles. The summed E-state index contributed by atoms with van der Waals surface area (Å²) in [5, 5.41) is 0. The molecular formula is C15H22N2O2. The molecule has 19 heavy (non-hydrogen) atoms. The van der Waals surface area contributed by atoms with Crippen molar-refractivity contribution in [1.82, 2.24) is 10.9 Å². The molecule has 1 aromatic carbocycles. The topological polar surface area (TPSA) is 50.4 Å². The summed E-state index contributed by atoms with van der Waals surface area (Å²) >= 11 is 0. The van der Waals surface area contributed by atoms with Crippen molar-refractivity contribution >= 4 is 5.91 Å². The van der Waals surface area contributed by atoms with Crippen LogP contribution in [0.1, 0.15) is 43.7 Å². The van der Waals surface area contributed by atoms with Crippen LogP contribution in [0.25, 0.3) is 0 Å². The number of amides is 1. The van der Waals surface area contributed by atoms with Crippen molar-refractivity contribution in [3.05, 3.63) is 29.3 Å².